The van der Waals surface area contributed by atoms with Crippen molar-refractivity contribution in [2.24, 2.45) is 17.8 Å². The molecule has 3 N–H and O–H groups in total. The van der Waals surface area contributed by atoms with Crippen molar-refractivity contribution in [1.29, 1.82) is 0 Å². The van der Waals surface area contributed by atoms with E-state index in [2.05, 4.69) is 143 Å². The van der Waals surface area contributed by atoms with Crippen molar-refractivity contribution in [1.82, 2.24) is 16.0 Å². The predicted molar refractivity (Wildman–Crippen MR) is 191 cm³/mol. The minimum atomic E-state index is 0.103. The van der Waals surface area contributed by atoms with E-state index in [1.165, 1.54) is 64.3 Å². The molecule has 0 amide bonds. The maximum Gasteiger partial charge on any atom is 0.0862 e. The first-order chi connectivity index (χ1) is 23.2. The van der Waals surface area contributed by atoms with Crippen molar-refractivity contribution in [2.45, 2.75) is 75.1 Å². The molecule has 0 aromatic heterocycles. The fourth-order valence-corrected chi connectivity index (χ4v) is 9.39. The van der Waals surface area contributed by atoms with Gasteiger partial charge < -0.3 is 4.74 Å². The Kier molecular flexibility index (Phi) is 7.91. The summed E-state index contributed by atoms with van der Waals surface area (Å²) < 4.78 is 7.03. The third-order valence-electron chi connectivity index (χ3n) is 11.9. The van der Waals surface area contributed by atoms with Gasteiger partial charge in [-0.1, -0.05) is 121 Å². The highest BCUT2D eigenvalue weighted by atomic mass is 16.5. The number of fused-ring (bicyclic) bond motifs is 4. The van der Waals surface area contributed by atoms with Gasteiger partial charge in [0.1, 0.15) is 0 Å². The van der Waals surface area contributed by atoms with Crippen molar-refractivity contribution in [3.8, 4) is 11.1 Å². The standard InChI is InChI=1S/C43H45N3O/c1-3-10-31(11-4-1)41-44-42(32-12-5-2-6-13-32)46-43(45-41)36-22-24-38-37-23-21-35(26-39(37)47-40(38)27-36)30-17-15-29(16-18-30)34-20-19-28-9-7-8-14-33(28)25-34/h1-20,25,35-46H,21-24,26-27H2. The third kappa shape index (κ3) is 5.83. The average Bonchev–Trinajstić information content (AvgIpc) is 3.52. The maximum atomic E-state index is 7.03. The van der Waals surface area contributed by atoms with Crippen molar-refractivity contribution in [2.75, 3.05) is 0 Å². The molecular formula is C43H45N3O. The lowest BCUT2D eigenvalue weighted by Gasteiger charge is -2.45. The van der Waals surface area contributed by atoms with E-state index in [-0.39, 0.29) is 18.5 Å². The van der Waals surface area contributed by atoms with Crippen molar-refractivity contribution >= 4 is 10.8 Å². The summed E-state index contributed by atoms with van der Waals surface area (Å²) in [7, 11) is 0. The van der Waals surface area contributed by atoms with E-state index in [9.17, 15) is 0 Å². The molecule has 9 rings (SSSR count). The first-order valence-corrected chi connectivity index (χ1v) is 17.9. The van der Waals surface area contributed by atoms with E-state index in [1.54, 1.807) is 0 Å². The van der Waals surface area contributed by atoms with Gasteiger partial charge in [-0.25, -0.2) is 0 Å². The van der Waals surface area contributed by atoms with Gasteiger partial charge in [0.25, 0.3) is 0 Å². The monoisotopic (exact) mass is 619 g/mol. The van der Waals surface area contributed by atoms with Crippen LogP contribution >= 0.6 is 0 Å². The molecule has 47 heavy (non-hydrogen) atoms. The van der Waals surface area contributed by atoms with Crippen LogP contribution in [0.15, 0.2) is 127 Å². The Labute approximate surface area is 278 Å². The van der Waals surface area contributed by atoms with E-state index in [0.29, 0.717) is 30.0 Å². The molecule has 238 valence electrons. The first kappa shape index (κ1) is 29.3. The van der Waals surface area contributed by atoms with E-state index < -0.39 is 0 Å². The first-order valence-electron chi connectivity index (χ1n) is 17.9. The van der Waals surface area contributed by atoms with E-state index >= 15 is 0 Å². The molecule has 0 radical (unpaired) electrons. The summed E-state index contributed by atoms with van der Waals surface area (Å²) >= 11 is 0. The lowest BCUT2D eigenvalue weighted by molar-refractivity contribution is -0.0172. The van der Waals surface area contributed by atoms with E-state index in [1.807, 2.05) is 0 Å². The van der Waals surface area contributed by atoms with Crippen LogP contribution in [0.1, 0.15) is 73.5 Å². The van der Waals surface area contributed by atoms with Crippen LogP contribution in [0.5, 0.6) is 0 Å². The van der Waals surface area contributed by atoms with Crippen LogP contribution in [0, 0.1) is 17.8 Å². The third-order valence-corrected chi connectivity index (χ3v) is 11.9. The second-order valence-electron chi connectivity index (χ2n) is 14.5. The summed E-state index contributed by atoms with van der Waals surface area (Å²) in [5.41, 5.74) is 6.64. The predicted octanol–water partition coefficient (Wildman–Crippen LogP) is 9.08. The zero-order valence-electron chi connectivity index (χ0n) is 27.0. The minimum absolute atomic E-state index is 0.103. The summed E-state index contributed by atoms with van der Waals surface area (Å²) in [6.07, 6.45) is 8.61. The smallest absolute Gasteiger partial charge is 0.0862 e. The summed E-state index contributed by atoms with van der Waals surface area (Å²) in [6, 6.07) is 46.5. The summed E-state index contributed by atoms with van der Waals surface area (Å²) in [4.78, 5) is 0. The highest BCUT2D eigenvalue weighted by molar-refractivity contribution is 5.87. The highest BCUT2D eigenvalue weighted by Gasteiger charge is 2.50. The molecule has 2 aliphatic carbocycles. The molecule has 2 aliphatic heterocycles. The quantitative estimate of drug-likeness (QED) is 0.184. The minimum Gasteiger partial charge on any atom is -0.374 e. The van der Waals surface area contributed by atoms with Crippen LogP contribution < -0.4 is 16.0 Å². The number of hydrogen-bond acceptors (Lipinski definition) is 4. The number of rotatable bonds is 5. The van der Waals surface area contributed by atoms with Gasteiger partial charge in [-0.15, -0.1) is 0 Å². The largest absolute Gasteiger partial charge is 0.374 e. The van der Waals surface area contributed by atoms with Crippen LogP contribution in [-0.2, 0) is 4.74 Å². The molecule has 8 unspecified atom stereocenters. The molecule has 0 bridgehead atoms. The van der Waals surface area contributed by atoms with Gasteiger partial charge >= 0.3 is 0 Å². The zero-order valence-corrected chi connectivity index (χ0v) is 27.0. The van der Waals surface area contributed by atoms with Crippen LogP contribution in [-0.4, -0.2) is 18.4 Å². The van der Waals surface area contributed by atoms with Gasteiger partial charge in [0.2, 0.25) is 0 Å². The Balaban J connectivity index is 0.871. The Morgan fingerprint density at radius 2 is 1.06 bits per heavy atom. The second kappa shape index (κ2) is 12.7. The molecule has 5 aromatic rings. The number of ether oxygens (including phenoxy) is 1. The number of hydrogen-bond donors (Lipinski definition) is 3. The molecule has 4 aliphatic rings. The fraction of sp³-hybridized carbons (Fsp3) is 0.349. The summed E-state index contributed by atoms with van der Waals surface area (Å²) in [5, 5.41) is 14.3. The van der Waals surface area contributed by atoms with Crippen LogP contribution in [0.25, 0.3) is 21.9 Å². The van der Waals surface area contributed by atoms with Crippen LogP contribution in [0.3, 0.4) is 0 Å². The molecule has 4 heteroatoms. The molecular weight excluding hydrogens is 574 g/mol. The Hall–Kier alpha value is -3.80. The Morgan fingerprint density at radius 3 is 1.77 bits per heavy atom. The fourth-order valence-electron chi connectivity index (χ4n) is 9.39. The molecule has 4 nitrogen and oxygen atoms in total. The number of benzene rings is 5. The average molecular weight is 620 g/mol. The van der Waals surface area contributed by atoms with E-state index in [0.717, 1.165) is 18.8 Å². The summed E-state index contributed by atoms with van der Waals surface area (Å²) in [6.45, 7) is 0. The molecule has 4 fully saturated rings. The SMILES string of the molecule is c1ccc(C2NC(c3ccccc3)NC(C3CCC4C(C3)OC3CC(c5ccc(-c6ccc7ccccc7c6)cc5)CCC34)N2)cc1. The number of nitrogens with one attached hydrogen (secondary N) is 3. The maximum absolute atomic E-state index is 7.03. The molecule has 2 heterocycles. The molecule has 8 atom stereocenters. The van der Waals surface area contributed by atoms with Gasteiger partial charge in [0, 0.05) is 0 Å². The van der Waals surface area contributed by atoms with Gasteiger partial charge in [0.05, 0.1) is 30.7 Å². The van der Waals surface area contributed by atoms with Gasteiger partial charge in [-0.05, 0) is 107 Å². The van der Waals surface area contributed by atoms with Crippen LogP contribution in [0.4, 0.5) is 0 Å². The molecule has 2 saturated heterocycles. The van der Waals surface area contributed by atoms with E-state index in [4.69, 9.17) is 4.74 Å². The van der Waals surface area contributed by atoms with Gasteiger partial charge in [-0.2, -0.15) is 0 Å². The van der Waals surface area contributed by atoms with Crippen LogP contribution in [0.2, 0.25) is 0 Å². The van der Waals surface area contributed by atoms with Gasteiger partial charge in [-0.3, -0.25) is 16.0 Å². The summed E-state index contributed by atoms with van der Waals surface area (Å²) in [5.74, 6) is 2.56. The Bertz CT molecular complexity index is 1760. The molecule has 0 spiro atoms. The normalized spacial score (nSPS) is 32.0. The zero-order chi connectivity index (χ0) is 31.2. The lowest BCUT2D eigenvalue weighted by Crippen LogP contribution is -2.62. The highest BCUT2D eigenvalue weighted by Crippen LogP contribution is 2.52. The Morgan fingerprint density at radius 1 is 0.468 bits per heavy atom. The van der Waals surface area contributed by atoms with Crippen molar-refractivity contribution in [3.63, 3.8) is 0 Å². The topological polar surface area (TPSA) is 45.3 Å². The molecule has 5 aromatic carbocycles. The van der Waals surface area contributed by atoms with Crippen molar-refractivity contribution in [3.05, 3.63) is 144 Å². The molecule has 2 saturated carbocycles. The van der Waals surface area contributed by atoms with Crippen molar-refractivity contribution < 1.29 is 4.74 Å². The second-order valence-corrected chi connectivity index (χ2v) is 14.5. The van der Waals surface area contributed by atoms with Gasteiger partial charge in [0.15, 0.2) is 0 Å². The lowest BCUT2D eigenvalue weighted by atomic mass is 9.68.